The van der Waals surface area contributed by atoms with Gasteiger partial charge in [-0.25, -0.2) is 0 Å². The fraction of sp³-hybridized carbons (Fsp3) is 0.500. The van der Waals surface area contributed by atoms with Crippen LogP contribution in [0, 0.1) is 12.8 Å². The second-order valence-electron chi connectivity index (χ2n) is 8.58. The molecule has 1 saturated carbocycles. The Kier molecular flexibility index (Phi) is 6.71. The number of pyridine rings is 1. The number of carbonyl (C=O) groups excluding carboxylic acids is 1. The van der Waals surface area contributed by atoms with Gasteiger partial charge in [-0.05, 0) is 55.9 Å². The first-order valence-electron chi connectivity index (χ1n) is 10.5. The summed E-state index contributed by atoms with van der Waals surface area (Å²) in [6, 6.07) is 12.3. The number of nitrogens with zero attached hydrogens (tertiary/aromatic N) is 1. The molecule has 0 aliphatic heterocycles. The lowest BCUT2D eigenvalue weighted by atomic mass is 9.80. The van der Waals surface area contributed by atoms with Crippen LogP contribution in [0.3, 0.4) is 0 Å². The highest BCUT2D eigenvalue weighted by Crippen LogP contribution is 2.33. The number of carbonyl (C=O) groups is 1. The standard InChI is InChI=1S/C24H33N3O/c1-18(2)16-22(20-8-7-15-25-17-20)26-23(28)24(13-5-4-6-14-24)27-21-11-9-19(3)10-12-21/h7-12,15,17-18,22,27H,4-6,13-14,16H2,1-3H3,(H,26,28)/t22-/m1/s1. The first kappa shape index (κ1) is 20.4. The van der Waals surface area contributed by atoms with Crippen molar-refractivity contribution >= 4 is 11.6 Å². The van der Waals surface area contributed by atoms with Gasteiger partial charge in [-0.3, -0.25) is 9.78 Å². The summed E-state index contributed by atoms with van der Waals surface area (Å²) in [6.07, 6.45) is 9.64. The number of rotatable bonds is 7. The Balaban J connectivity index is 1.82. The molecule has 1 aromatic heterocycles. The average molecular weight is 380 g/mol. The fourth-order valence-corrected chi connectivity index (χ4v) is 4.11. The molecule has 0 unspecified atom stereocenters. The van der Waals surface area contributed by atoms with Crippen molar-refractivity contribution in [3.05, 3.63) is 59.9 Å². The number of hydrogen-bond donors (Lipinski definition) is 2. The number of hydrogen-bond acceptors (Lipinski definition) is 3. The Morgan fingerprint density at radius 1 is 1.11 bits per heavy atom. The van der Waals surface area contributed by atoms with E-state index in [-0.39, 0.29) is 11.9 Å². The van der Waals surface area contributed by atoms with Gasteiger partial charge in [-0.2, -0.15) is 0 Å². The molecule has 0 bridgehead atoms. The van der Waals surface area contributed by atoms with Crippen molar-refractivity contribution in [3.63, 3.8) is 0 Å². The van der Waals surface area contributed by atoms with Gasteiger partial charge >= 0.3 is 0 Å². The van der Waals surface area contributed by atoms with E-state index in [0.29, 0.717) is 5.92 Å². The van der Waals surface area contributed by atoms with Crippen LogP contribution in [0.25, 0.3) is 0 Å². The topological polar surface area (TPSA) is 54.0 Å². The lowest BCUT2D eigenvalue weighted by Crippen LogP contribution is -2.54. The van der Waals surface area contributed by atoms with Crippen LogP contribution in [0.1, 0.15) is 69.5 Å². The largest absolute Gasteiger partial charge is 0.371 e. The summed E-state index contributed by atoms with van der Waals surface area (Å²) in [5.41, 5.74) is 2.78. The highest BCUT2D eigenvalue weighted by atomic mass is 16.2. The maximum atomic E-state index is 13.6. The van der Waals surface area contributed by atoms with E-state index in [2.05, 4.69) is 66.7 Å². The number of anilines is 1. The van der Waals surface area contributed by atoms with Crippen LogP contribution >= 0.6 is 0 Å². The van der Waals surface area contributed by atoms with Crippen LogP contribution in [-0.2, 0) is 4.79 Å². The van der Waals surface area contributed by atoms with E-state index in [1.807, 2.05) is 12.3 Å². The van der Waals surface area contributed by atoms with Gasteiger partial charge < -0.3 is 10.6 Å². The summed E-state index contributed by atoms with van der Waals surface area (Å²) < 4.78 is 0. The van der Waals surface area contributed by atoms with Crippen molar-refractivity contribution in [2.75, 3.05) is 5.32 Å². The van der Waals surface area contributed by atoms with Crippen molar-refractivity contribution in [1.29, 1.82) is 0 Å². The molecular weight excluding hydrogens is 346 g/mol. The molecule has 1 aliphatic rings. The Hall–Kier alpha value is -2.36. The Labute approximate surface area is 169 Å². The van der Waals surface area contributed by atoms with Crippen molar-refractivity contribution < 1.29 is 4.79 Å². The van der Waals surface area contributed by atoms with Gasteiger partial charge in [0, 0.05) is 18.1 Å². The molecule has 1 atom stereocenters. The van der Waals surface area contributed by atoms with Crippen molar-refractivity contribution in [2.45, 2.75) is 70.9 Å². The number of aryl methyl sites for hydroxylation is 1. The molecule has 0 saturated heterocycles. The van der Waals surface area contributed by atoms with Crippen LogP contribution < -0.4 is 10.6 Å². The molecule has 0 radical (unpaired) electrons. The zero-order chi connectivity index (χ0) is 20.0. The summed E-state index contributed by atoms with van der Waals surface area (Å²) in [5, 5.41) is 6.97. The summed E-state index contributed by atoms with van der Waals surface area (Å²) in [4.78, 5) is 17.8. The van der Waals surface area contributed by atoms with E-state index in [0.717, 1.165) is 43.4 Å². The fourth-order valence-electron chi connectivity index (χ4n) is 4.11. The third-order valence-electron chi connectivity index (χ3n) is 5.68. The predicted molar refractivity (Wildman–Crippen MR) is 115 cm³/mol. The molecule has 4 heteroatoms. The highest BCUT2D eigenvalue weighted by molar-refractivity contribution is 5.90. The van der Waals surface area contributed by atoms with E-state index >= 15 is 0 Å². The molecule has 2 N–H and O–H groups in total. The Morgan fingerprint density at radius 2 is 1.82 bits per heavy atom. The van der Waals surface area contributed by atoms with E-state index < -0.39 is 5.54 Å². The van der Waals surface area contributed by atoms with Crippen LogP contribution in [0.5, 0.6) is 0 Å². The van der Waals surface area contributed by atoms with Gasteiger partial charge in [0.15, 0.2) is 0 Å². The van der Waals surface area contributed by atoms with Gasteiger partial charge in [0.05, 0.1) is 6.04 Å². The van der Waals surface area contributed by atoms with Gasteiger partial charge in [-0.15, -0.1) is 0 Å². The number of aromatic nitrogens is 1. The molecule has 2 aromatic rings. The van der Waals surface area contributed by atoms with Crippen LogP contribution in [0.2, 0.25) is 0 Å². The van der Waals surface area contributed by atoms with Gasteiger partial charge in [-0.1, -0.05) is 56.9 Å². The minimum Gasteiger partial charge on any atom is -0.371 e. The van der Waals surface area contributed by atoms with E-state index in [1.165, 1.54) is 12.0 Å². The summed E-state index contributed by atoms with van der Waals surface area (Å²) in [5.74, 6) is 0.597. The van der Waals surface area contributed by atoms with Gasteiger partial charge in [0.2, 0.25) is 5.91 Å². The lowest BCUT2D eigenvalue weighted by molar-refractivity contribution is -0.127. The summed E-state index contributed by atoms with van der Waals surface area (Å²) in [7, 11) is 0. The molecule has 1 fully saturated rings. The molecule has 0 spiro atoms. The Morgan fingerprint density at radius 3 is 2.43 bits per heavy atom. The SMILES string of the molecule is Cc1ccc(NC2(C(=O)N[C@H](CC(C)C)c3cccnc3)CCCCC2)cc1. The summed E-state index contributed by atoms with van der Waals surface area (Å²) in [6.45, 7) is 6.46. The first-order valence-corrected chi connectivity index (χ1v) is 10.5. The molecule has 150 valence electrons. The van der Waals surface area contributed by atoms with Crippen LogP contribution in [-0.4, -0.2) is 16.4 Å². The van der Waals surface area contributed by atoms with E-state index in [1.54, 1.807) is 6.20 Å². The maximum absolute atomic E-state index is 13.6. The predicted octanol–water partition coefficient (Wildman–Crippen LogP) is 5.41. The first-order chi connectivity index (χ1) is 13.5. The maximum Gasteiger partial charge on any atom is 0.246 e. The highest BCUT2D eigenvalue weighted by Gasteiger charge is 2.40. The number of benzene rings is 1. The molecule has 1 aromatic carbocycles. The molecule has 1 aliphatic carbocycles. The molecule has 4 nitrogen and oxygen atoms in total. The zero-order valence-electron chi connectivity index (χ0n) is 17.4. The number of amides is 1. The van der Waals surface area contributed by atoms with Crippen molar-refractivity contribution in [1.82, 2.24) is 10.3 Å². The second kappa shape index (κ2) is 9.22. The van der Waals surface area contributed by atoms with E-state index in [4.69, 9.17) is 0 Å². The normalized spacial score (nSPS) is 17.1. The third kappa shape index (κ3) is 5.12. The molecular formula is C24H33N3O. The molecule has 1 amide bonds. The third-order valence-corrected chi connectivity index (χ3v) is 5.68. The smallest absolute Gasteiger partial charge is 0.246 e. The van der Waals surface area contributed by atoms with Crippen LogP contribution in [0.15, 0.2) is 48.8 Å². The average Bonchev–Trinajstić information content (AvgIpc) is 2.70. The Bertz CT molecular complexity index is 749. The van der Waals surface area contributed by atoms with Gasteiger partial charge in [0.25, 0.3) is 0 Å². The monoisotopic (exact) mass is 379 g/mol. The number of nitrogens with one attached hydrogen (secondary N) is 2. The molecule has 1 heterocycles. The minimum absolute atomic E-state index is 0.0141. The van der Waals surface area contributed by atoms with E-state index in [9.17, 15) is 4.79 Å². The van der Waals surface area contributed by atoms with Crippen LogP contribution in [0.4, 0.5) is 5.69 Å². The van der Waals surface area contributed by atoms with Gasteiger partial charge in [0.1, 0.15) is 5.54 Å². The zero-order valence-corrected chi connectivity index (χ0v) is 17.4. The minimum atomic E-state index is -0.537. The van der Waals surface area contributed by atoms with Crippen molar-refractivity contribution in [3.8, 4) is 0 Å². The molecule has 3 rings (SSSR count). The molecule has 28 heavy (non-hydrogen) atoms. The van der Waals surface area contributed by atoms with Crippen molar-refractivity contribution in [2.24, 2.45) is 5.92 Å². The quantitative estimate of drug-likeness (QED) is 0.676. The second-order valence-corrected chi connectivity index (χ2v) is 8.58. The lowest BCUT2D eigenvalue weighted by Gasteiger charge is -2.39. The summed E-state index contributed by atoms with van der Waals surface area (Å²) >= 11 is 0.